The topological polar surface area (TPSA) is 103 Å². The van der Waals surface area contributed by atoms with Crippen LogP contribution in [0, 0.1) is 6.92 Å². The standard InChI is InChI=1S/C41H34Cl6N4O6/c1-23-22-48(16-2-17-49-34(30-14-8-26(44)20-32(30)46)36(39(49)53)56-28-10-4-24(42)5-11-28)41(55)51(38(23)52)19-3-18-50-35(31-15-9-27(45)21-33(31)47)37(40(50)54)57-29-12-6-25(43)7-13-29/h4-15,20-22,34-37H,2-3,16-19H2,1H3/t34-,35+,36+,37-/m0/s1. The van der Waals surface area contributed by atoms with Gasteiger partial charge in [-0.25, -0.2) is 4.79 Å². The summed E-state index contributed by atoms with van der Waals surface area (Å²) in [5.41, 5.74) is 0.770. The predicted molar refractivity (Wildman–Crippen MR) is 223 cm³/mol. The fraction of sp³-hybridized carbons (Fsp3) is 0.268. The number of nitrogens with zero attached hydrogens (tertiary/aromatic N) is 4. The number of hydrogen-bond acceptors (Lipinski definition) is 6. The third-order valence-electron chi connectivity index (χ3n) is 10.0. The average Bonchev–Trinajstić information content (AvgIpc) is 3.18. The summed E-state index contributed by atoms with van der Waals surface area (Å²) in [5.74, 6) is 0.433. The number of β-lactam (4-membered cyclic amide) rings is 2. The van der Waals surface area contributed by atoms with Crippen LogP contribution in [0.25, 0.3) is 0 Å². The highest BCUT2D eigenvalue weighted by Gasteiger charge is 2.51. The Bertz CT molecular complexity index is 2440. The number of aromatic nitrogens is 2. The maximum absolute atomic E-state index is 13.7. The van der Waals surface area contributed by atoms with E-state index in [9.17, 15) is 19.2 Å². The number of hydrogen-bond donors (Lipinski definition) is 0. The highest BCUT2D eigenvalue weighted by Crippen LogP contribution is 2.43. The zero-order chi connectivity index (χ0) is 40.5. The quantitative estimate of drug-likeness (QED) is 0.103. The van der Waals surface area contributed by atoms with Crippen LogP contribution in [-0.4, -0.2) is 56.0 Å². The number of ether oxygens (including phenoxy) is 2. The lowest BCUT2D eigenvalue weighted by Gasteiger charge is -2.47. The van der Waals surface area contributed by atoms with Crippen molar-refractivity contribution in [3.63, 3.8) is 0 Å². The molecule has 296 valence electrons. The first-order valence-corrected chi connectivity index (χ1v) is 20.2. The van der Waals surface area contributed by atoms with Crippen molar-refractivity contribution in [2.45, 2.75) is 57.1 Å². The van der Waals surface area contributed by atoms with Crippen molar-refractivity contribution in [2.24, 2.45) is 0 Å². The summed E-state index contributed by atoms with van der Waals surface area (Å²) in [6.45, 7) is 2.41. The Hall–Kier alpha value is -4.16. The lowest BCUT2D eigenvalue weighted by atomic mass is 9.90. The van der Waals surface area contributed by atoms with Crippen molar-refractivity contribution in [1.82, 2.24) is 18.9 Å². The van der Waals surface area contributed by atoms with E-state index >= 15 is 0 Å². The fourth-order valence-electron chi connectivity index (χ4n) is 7.19. The van der Waals surface area contributed by atoms with Crippen molar-refractivity contribution in [3.05, 3.63) is 159 Å². The molecule has 0 aliphatic carbocycles. The second-order valence-corrected chi connectivity index (χ2v) is 16.3. The SMILES string of the molecule is Cc1cn(CCCN2C(=O)[C@H](Oc3ccc(Cl)cc3)[C@@H]2c2ccc(Cl)cc2Cl)c(=O)n(CCCN2C(=O)[C@@H](Oc3ccc(Cl)cc3)[C@H]2c2ccc(Cl)cc2Cl)c1=O. The van der Waals surface area contributed by atoms with Crippen LogP contribution in [-0.2, 0) is 22.7 Å². The maximum Gasteiger partial charge on any atom is 0.330 e. The first-order valence-electron chi connectivity index (χ1n) is 18.0. The minimum atomic E-state index is -0.864. The van der Waals surface area contributed by atoms with Gasteiger partial charge in [0, 0.05) is 68.1 Å². The van der Waals surface area contributed by atoms with Gasteiger partial charge < -0.3 is 23.8 Å². The molecule has 0 N–H and O–H groups in total. The Morgan fingerprint density at radius 3 is 1.40 bits per heavy atom. The number of carbonyl (C=O) groups is 2. The Morgan fingerprint density at radius 2 is 0.965 bits per heavy atom. The highest BCUT2D eigenvalue weighted by atomic mass is 35.5. The van der Waals surface area contributed by atoms with E-state index in [1.807, 2.05) is 0 Å². The monoisotopic (exact) mass is 888 g/mol. The van der Waals surface area contributed by atoms with Crippen molar-refractivity contribution < 1.29 is 19.1 Å². The van der Waals surface area contributed by atoms with Gasteiger partial charge in [-0.3, -0.25) is 19.0 Å². The van der Waals surface area contributed by atoms with Crippen LogP contribution in [0.1, 0.15) is 41.6 Å². The Balaban J connectivity index is 1.03. The van der Waals surface area contributed by atoms with Crippen molar-refractivity contribution in [3.8, 4) is 11.5 Å². The van der Waals surface area contributed by atoms with Gasteiger partial charge in [-0.1, -0.05) is 81.7 Å². The molecule has 10 nitrogen and oxygen atoms in total. The smallest absolute Gasteiger partial charge is 0.330 e. The second kappa shape index (κ2) is 17.4. The largest absolute Gasteiger partial charge is 0.478 e. The molecule has 16 heteroatoms. The molecule has 4 atom stereocenters. The summed E-state index contributed by atoms with van der Waals surface area (Å²) in [7, 11) is 0. The van der Waals surface area contributed by atoms with E-state index in [0.29, 0.717) is 71.2 Å². The summed E-state index contributed by atoms with van der Waals surface area (Å²) in [4.78, 5) is 57.2. The number of halogens is 6. The van der Waals surface area contributed by atoms with Gasteiger partial charge >= 0.3 is 5.69 Å². The van der Waals surface area contributed by atoms with Gasteiger partial charge in [-0.05, 0) is 104 Å². The van der Waals surface area contributed by atoms with Gasteiger partial charge in [0.05, 0.1) is 0 Å². The van der Waals surface area contributed by atoms with Gasteiger partial charge in [0.25, 0.3) is 17.4 Å². The van der Waals surface area contributed by atoms with Crippen LogP contribution >= 0.6 is 69.6 Å². The van der Waals surface area contributed by atoms with E-state index in [2.05, 4.69) is 0 Å². The lowest BCUT2D eigenvalue weighted by molar-refractivity contribution is -0.164. The fourth-order valence-corrected chi connectivity index (χ4v) is 8.49. The number of likely N-dealkylation sites (tertiary alicyclic amines) is 2. The van der Waals surface area contributed by atoms with Crippen LogP contribution in [0.15, 0.2) is 101 Å². The Morgan fingerprint density at radius 1 is 0.544 bits per heavy atom. The molecule has 3 heterocycles. The third-order valence-corrected chi connectivity index (χ3v) is 11.6. The maximum atomic E-state index is 13.7. The van der Waals surface area contributed by atoms with E-state index in [4.69, 9.17) is 79.1 Å². The van der Waals surface area contributed by atoms with E-state index in [1.165, 1.54) is 15.3 Å². The van der Waals surface area contributed by atoms with E-state index < -0.39 is 35.5 Å². The van der Waals surface area contributed by atoms with Crippen LogP contribution < -0.4 is 20.7 Å². The molecule has 0 radical (unpaired) electrons. The molecular formula is C41H34Cl6N4O6. The zero-order valence-electron chi connectivity index (χ0n) is 30.2. The molecule has 0 bridgehead atoms. The average molecular weight is 891 g/mol. The molecule has 2 aliphatic rings. The number of amides is 2. The lowest BCUT2D eigenvalue weighted by Crippen LogP contribution is -2.61. The van der Waals surface area contributed by atoms with E-state index in [1.54, 1.807) is 102 Å². The van der Waals surface area contributed by atoms with Crippen molar-refractivity contribution in [2.75, 3.05) is 13.1 Å². The molecule has 2 aliphatic heterocycles. The van der Waals surface area contributed by atoms with E-state index in [-0.39, 0.29) is 38.0 Å². The van der Waals surface area contributed by atoms with Gasteiger partial charge in [-0.2, -0.15) is 0 Å². The van der Waals surface area contributed by atoms with Crippen LogP contribution in [0.3, 0.4) is 0 Å². The van der Waals surface area contributed by atoms with Crippen LogP contribution in [0.5, 0.6) is 11.5 Å². The molecule has 0 spiro atoms. The molecule has 5 aromatic rings. The minimum Gasteiger partial charge on any atom is -0.478 e. The number of carbonyl (C=O) groups excluding carboxylic acids is 2. The molecule has 0 unspecified atom stereocenters. The number of rotatable bonds is 14. The summed E-state index contributed by atoms with van der Waals surface area (Å²) in [5, 5.41) is 2.73. The molecule has 2 saturated heterocycles. The zero-order valence-corrected chi connectivity index (χ0v) is 34.8. The van der Waals surface area contributed by atoms with Gasteiger partial charge in [0.2, 0.25) is 12.2 Å². The third kappa shape index (κ3) is 8.67. The first kappa shape index (κ1) is 41.0. The highest BCUT2D eigenvalue weighted by molar-refractivity contribution is 6.35. The van der Waals surface area contributed by atoms with Gasteiger partial charge in [-0.15, -0.1) is 0 Å². The molecule has 0 saturated carbocycles. The molecule has 4 aromatic carbocycles. The van der Waals surface area contributed by atoms with Gasteiger partial charge in [0.15, 0.2) is 0 Å². The van der Waals surface area contributed by atoms with Crippen molar-refractivity contribution >= 4 is 81.4 Å². The molecular weight excluding hydrogens is 857 g/mol. The Kier molecular flexibility index (Phi) is 12.5. The normalized spacial score (nSPS) is 19.0. The van der Waals surface area contributed by atoms with Crippen molar-refractivity contribution in [1.29, 1.82) is 0 Å². The second-order valence-electron chi connectivity index (χ2n) is 13.7. The van der Waals surface area contributed by atoms with Crippen LogP contribution in [0.4, 0.5) is 0 Å². The summed E-state index contributed by atoms with van der Waals surface area (Å²) in [6.07, 6.45) is 0.497. The number of benzene rings is 4. The molecule has 57 heavy (non-hydrogen) atoms. The minimum absolute atomic E-state index is 0.0539. The molecule has 7 rings (SSSR count). The first-order chi connectivity index (χ1) is 27.3. The molecule has 2 amide bonds. The summed E-state index contributed by atoms with van der Waals surface area (Å²) < 4.78 is 14.8. The molecule has 2 fully saturated rings. The van der Waals surface area contributed by atoms with E-state index in [0.717, 1.165) is 0 Å². The molecule has 1 aromatic heterocycles. The van der Waals surface area contributed by atoms with Crippen LogP contribution in [0.2, 0.25) is 30.1 Å². The summed E-state index contributed by atoms with van der Waals surface area (Å²) in [6, 6.07) is 22.5. The number of aryl methyl sites for hydroxylation is 2. The summed E-state index contributed by atoms with van der Waals surface area (Å²) >= 11 is 37.6. The Labute approximate surface area is 357 Å². The predicted octanol–water partition coefficient (Wildman–Crippen LogP) is 9.08. The van der Waals surface area contributed by atoms with Gasteiger partial charge in [0.1, 0.15) is 23.6 Å².